The summed E-state index contributed by atoms with van der Waals surface area (Å²) in [7, 11) is 1.94. The van der Waals surface area contributed by atoms with Gasteiger partial charge in [0.15, 0.2) is 11.5 Å². The Bertz CT molecular complexity index is 812. The molecule has 0 unspecified atom stereocenters. The zero-order valence-corrected chi connectivity index (χ0v) is 13.4. The maximum absolute atomic E-state index is 4.56. The molecule has 8 nitrogen and oxygen atoms in total. The third kappa shape index (κ3) is 2.70. The summed E-state index contributed by atoms with van der Waals surface area (Å²) in [6, 6.07) is 3.95. The molecule has 4 rings (SSSR count). The van der Waals surface area contributed by atoms with Crippen LogP contribution in [0.2, 0.25) is 0 Å². The molecule has 1 aliphatic rings. The van der Waals surface area contributed by atoms with Gasteiger partial charge in [0.25, 0.3) is 0 Å². The molecule has 3 aromatic heterocycles. The molecule has 0 saturated carbocycles. The van der Waals surface area contributed by atoms with E-state index in [1.807, 2.05) is 41.5 Å². The number of rotatable bonds is 3. The van der Waals surface area contributed by atoms with Gasteiger partial charge in [0.1, 0.15) is 0 Å². The fourth-order valence-corrected chi connectivity index (χ4v) is 3.18. The van der Waals surface area contributed by atoms with Crippen molar-refractivity contribution in [3.05, 3.63) is 35.5 Å². The van der Waals surface area contributed by atoms with Gasteiger partial charge < -0.3 is 0 Å². The van der Waals surface area contributed by atoms with Gasteiger partial charge in [-0.15, -0.1) is 15.3 Å². The van der Waals surface area contributed by atoms with E-state index in [4.69, 9.17) is 0 Å². The lowest BCUT2D eigenvalue weighted by Crippen LogP contribution is -2.33. The highest BCUT2D eigenvalue weighted by atomic mass is 15.4. The molecule has 0 aliphatic carbocycles. The van der Waals surface area contributed by atoms with Gasteiger partial charge in [-0.25, -0.2) is 0 Å². The second-order valence-electron chi connectivity index (χ2n) is 6.20. The Morgan fingerprint density at radius 3 is 2.74 bits per heavy atom. The number of nitrogens with zero attached hydrogens (tertiary/aromatic N) is 8. The maximum Gasteiger partial charge on any atom is 0.177 e. The summed E-state index contributed by atoms with van der Waals surface area (Å²) in [5.74, 6) is 1.41. The first-order chi connectivity index (χ1) is 11.2. The van der Waals surface area contributed by atoms with Crippen LogP contribution in [-0.2, 0) is 13.6 Å². The van der Waals surface area contributed by atoms with Crippen molar-refractivity contribution in [1.29, 1.82) is 0 Å². The lowest BCUT2D eigenvalue weighted by molar-refractivity contribution is 0.196. The number of aryl methyl sites for hydroxylation is 2. The predicted octanol–water partition coefficient (Wildman–Crippen LogP) is 0.941. The smallest absolute Gasteiger partial charge is 0.177 e. The summed E-state index contributed by atoms with van der Waals surface area (Å²) >= 11 is 0. The summed E-state index contributed by atoms with van der Waals surface area (Å²) in [5.41, 5.74) is 2.96. The van der Waals surface area contributed by atoms with Crippen molar-refractivity contribution in [2.24, 2.45) is 7.05 Å². The molecule has 0 radical (unpaired) electrons. The number of hydrogen-bond donors (Lipinski definition) is 0. The SMILES string of the molecule is Cc1ccc2nnc(C3CCN(Cc4cnnn4C)CC3)n2n1. The molecule has 0 bridgehead atoms. The molecule has 0 aromatic carbocycles. The molecule has 1 aliphatic heterocycles. The van der Waals surface area contributed by atoms with Crippen LogP contribution >= 0.6 is 0 Å². The number of hydrogen-bond acceptors (Lipinski definition) is 6. The Labute approximate surface area is 134 Å². The van der Waals surface area contributed by atoms with Crippen molar-refractivity contribution in [3.63, 3.8) is 0 Å². The van der Waals surface area contributed by atoms with Gasteiger partial charge in [-0.3, -0.25) is 9.58 Å². The van der Waals surface area contributed by atoms with Crippen LogP contribution in [-0.4, -0.2) is 52.8 Å². The number of likely N-dealkylation sites (tertiary alicyclic amines) is 1. The van der Waals surface area contributed by atoms with E-state index < -0.39 is 0 Å². The second kappa shape index (κ2) is 5.69. The highest BCUT2D eigenvalue weighted by molar-refractivity contribution is 5.36. The van der Waals surface area contributed by atoms with Crippen LogP contribution < -0.4 is 0 Å². The van der Waals surface area contributed by atoms with E-state index >= 15 is 0 Å². The molecule has 0 amide bonds. The van der Waals surface area contributed by atoms with Crippen LogP contribution in [0.4, 0.5) is 0 Å². The number of fused-ring (bicyclic) bond motifs is 1. The van der Waals surface area contributed by atoms with Crippen molar-refractivity contribution in [1.82, 2.24) is 39.7 Å². The zero-order chi connectivity index (χ0) is 15.8. The lowest BCUT2D eigenvalue weighted by Gasteiger charge is -2.30. The van der Waals surface area contributed by atoms with Gasteiger partial charge in [0.05, 0.1) is 17.6 Å². The molecule has 4 heterocycles. The Kier molecular flexibility index (Phi) is 3.53. The maximum atomic E-state index is 4.56. The van der Waals surface area contributed by atoms with Crippen LogP contribution in [0.25, 0.3) is 5.65 Å². The number of piperidine rings is 1. The summed E-state index contributed by atoms with van der Waals surface area (Å²) in [6.07, 6.45) is 3.98. The normalized spacial score (nSPS) is 17.1. The molecular weight excluding hydrogens is 292 g/mol. The number of aromatic nitrogens is 7. The molecule has 0 N–H and O–H groups in total. The molecule has 1 fully saturated rings. The first-order valence-corrected chi connectivity index (χ1v) is 7.95. The van der Waals surface area contributed by atoms with Gasteiger partial charge in [-0.05, 0) is 45.0 Å². The summed E-state index contributed by atoms with van der Waals surface area (Å²) < 4.78 is 3.74. The Hall–Kier alpha value is -2.35. The first-order valence-electron chi connectivity index (χ1n) is 7.95. The Morgan fingerprint density at radius 1 is 1.17 bits per heavy atom. The van der Waals surface area contributed by atoms with E-state index in [1.165, 1.54) is 0 Å². The van der Waals surface area contributed by atoms with Crippen molar-refractivity contribution < 1.29 is 0 Å². The quantitative estimate of drug-likeness (QED) is 0.716. The van der Waals surface area contributed by atoms with Crippen LogP contribution in [0, 0.1) is 6.92 Å². The van der Waals surface area contributed by atoms with Gasteiger partial charge in [0, 0.05) is 19.5 Å². The van der Waals surface area contributed by atoms with Gasteiger partial charge in [-0.2, -0.15) is 9.61 Å². The van der Waals surface area contributed by atoms with Crippen molar-refractivity contribution in [2.75, 3.05) is 13.1 Å². The minimum atomic E-state index is 0.417. The predicted molar refractivity (Wildman–Crippen MR) is 83.8 cm³/mol. The monoisotopic (exact) mass is 312 g/mol. The fraction of sp³-hybridized carbons (Fsp3) is 0.533. The Balaban J connectivity index is 1.46. The van der Waals surface area contributed by atoms with E-state index in [-0.39, 0.29) is 0 Å². The summed E-state index contributed by atoms with van der Waals surface area (Å²) in [4.78, 5) is 2.44. The van der Waals surface area contributed by atoms with E-state index in [9.17, 15) is 0 Å². The van der Waals surface area contributed by atoms with Gasteiger partial charge in [0.2, 0.25) is 0 Å². The molecule has 3 aromatic rings. The molecule has 1 saturated heterocycles. The van der Waals surface area contributed by atoms with E-state index in [2.05, 4.69) is 30.5 Å². The van der Waals surface area contributed by atoms with Crippen molar-refractivity contribution >= 4 is 5.65 Å². The highest BCUT2D eigenvalue weighted by Gasteiger charge is 2.25. The largest absolute Gasteiger partial charge is 0.297 e. The minimum absolute atomic E-state index is 0.417. The van der Waals surface area contributed by atoms with E-state index in [1.54, 1.807) is 0 Å². The van der Waals surface area contributed by atoms with Crippen LogP contribution in [0.3, 0.4) is 0 Å². The van der Waals surface area contributed by atoms with E-state index in [0.717, 1.165) is 55.3 Å². The topological polar surface area (TPSA) is 77.0 Å². The van der Waals surface area contributed by atoms with Crippen LogP contribution in [0.15, 0.2) is 18.3 Å². The molecule has 23 heavy (non-hydrogen) atoms. The third-order valence-electron chi connectivity index (χ3n) is 4.57. The first kappa shape index (κ1) is 14.3. The standard InChI is InChI=1S/C15H20N8/c1-11-3-4-14-17-18-15(23(14)19-11)12-5-7-22(8-6-12)10-13-9-16-20-21(13)2/h3-4,9,12H,5-8,10H2,1-2H3. The summed E-state index contributed by atoms with van der Waals surface area (Å²) in [5, 5.41) is 21.1. The average molecular weight is 312 g/mol. The van der Waals surface area contributed by atoms with Crippen molar-refractivity contribution in [2.45, 2.75) is 32.2 Å². The van der Waals surface area contributed by atoms with Gasteiger partial charge in [-0.1, -0.05) is 5.21 Å². The van der Waals surface area contributed by atoms with Crippen molar-refractivity contribution in [3.8, 4) is 0 Å². The lowest BCUT2D eigenvalue weighted by atomic mass is 9.96. The highest BCUT2D eigenvalue weighted by Crippen LogP contribution is 2.27. The molecule has 8 heteroatoms. The average Bonchev–Trinajstić information content (AvgIpc) is 3.15. The minimum Gasteiger partial charge on any atom is -0.297 e. The zero-order valence-electron chi connectivity index (χ0n) is 13.4. The van der Waals surface area contributed by atoms with Gasteiger partial charge >= 0.3 is 0 Å². The van der Waals surface area contributed by atoms with Crippen LogP contribution in [0.1, 0.15) is 36.0 Å². The second-order valence-corrected chi connectivity index (χ2v) is 6.20. The Morgan fingerprint density at radius 2 is 2.00 bits per heavy atom. The molecule has 120 valence electrons. The molecule has 0 atom stereocenters. The fourth-order valence-electron chi connectivity index (χ4n) is 3.18. The van der Waals surface area contributed by atoms with Crippen LogP contribution in [0.5, 0.6) is 0 Å². The van der Waals surface area contributed by atoms with E-state index in [0.29, 0.717) is 5.92 Å². The molecule has 0 spiro atoms. The summed E-state index contributed by atoms with van der Waals surface area (Å²) in [6.45, 7) is 4.97. The molecular formula is C15H20N8. The third-order valence-corrected chi connectivity index (χ3v) is 4.57.